The number of nitrogens with zero attached hydrogens (tertiary/aromatic N) is 4. The van der Waals surface area contributed by atoms with Crippen LogP contribution in [0.1, 0.15) is 41.5 Å². The summed E-state index contributed by atoms with van der Waals surface area (Å²) >= 11 is 6.33. The molecule has 2 amide bonds. The monoisotopic (exact) mass is 510 g/mol. The average Bonchev–Trinajstić information content (AvgIpc) is 3.17. The molecule has 11 heteroatoms. The smallest absolute Gasteiger partial charge is 0.256 e. The van der Waals surface area contributed by atoms with Crippen LogP contribution in [0.2, 0.25) is 5.02 Å². The van der Waals surface area contributed by atoms with E-state index in [-0.39, 0.29) is 31.6 Å². The van der Waals surface area contributed by atoms with Crippen molar-refractivity contribution in [2.24, 2.45) is 0 Å². The van der Waals surface area contributed by atoms with Crippen molar-refractivity contribution < 1.29 is 19.4 Å². The second-order valence-electron chi connectivity index (χ2n) is 8.65. The Bertz CT molecular complexity index is 1290. The number of rotatable bonds is 9. The van der Waals surface area contributed by atoms with Crippen LogP contribution in [0.15, 0.2) is 42.7 Å². The number of aliphatic hydroxyl groups excluding tert-OH is 1. The van der Waals surface area contributed by atoms with Gasteiger partial charge in [0.2, 0.25) is 11.9 Å². The number of fused-ring (bicyclic) bond motifs is 1. The highest BCUT2D eigenvalue weighted by Gasteiger charge is 2.31. The quantitative estimate of drug-likeness (QED) is 0.400. The number of nitrogens with one attached hydrogen (secondary N) is 2. The van der Waals surface area contributed by atoms with Gasteiger partial charge in [-0.2, -0.15) is 0 Å². The number of halogens is 1. The Labute approximate surface area is 213 Å². The van der Waals surface area contributed by atoms with Crippen molar-refractivity contribution in [3.8, 4) is 17.0 Å². The Morgan fingerprint density at radius 1 is 1.25 bits per heavy atom. The molecule has 3 aromatic rings. The molecule has 1 atom stereocenters. The van der Waals surface area contributed by atoms with E-state index >= 15 is 0 Å². The first-order chi connectivity index (χ1) is 17.3. The summed E-state index contributed by atoms with van der Waals surface area (Å²) in [7, 11) is 1.54. The van der Waals surface area contributed by atoms with Crippen molar-refractivity contribution in [1.29, 1.82) is 0 Å². The number of pyridine rings is 1. The molecule has 0 aliphatic carbocycles. The standard InChI is InChI=1S/C25H27ClN6O4/c1-14(2)29-25-28-10-19(26)23(31-25)16-8-18-20(27-9-16)11-32(24(18)35)12-22(34)30-21(13-33)15-5-4-6-17(7-15)36-3/h4-10,14,21,33H,11-13H2,1-3H3,(H,30,34)(H,28,29,31). The molecule has 188 valence electrons. The van der Waals surface area contributed by atoms with Gasteiger partial charge >= 0.3 is 0 Å². The van der Waals surface area contributed by atoms with Crippen molar-refractivity contribution in [3.05, 3.63) is 64.6 Å². The van der Waals surface area contributed by atoms with Gasteiger partial charge in [-0.15, -0.1) is 0 Å². The third-order valence-electron chi connectivity index (χ3n) is 5.61. The van der Waals surface area contributed by atoms with Gasteiger partial charge in [-0.1, -0.05) is 23.7 Å². The lowest BCUT2D eigenvalue weighted by Crippen LogP contribution is -2.40. The SMILES string of the molecule is COc1cccc(C(CO)NC(=O)CN2Cc3ncc(-c4nc(NC(C)C)ncc4Cl)cc3C2=O)c1. The Kier molecular flexibility index (Phi) is 7.66. The fourth-order valence-corrected chi connectivity index (χ4v) is 4.09. The molecule has 0 radical (unpaired) electrons. The molecule has 10 nitrogen and oxygen atoms in total. The molecular formula is C25H27ClN6O4. The molecule has 0 fully saturated rings. The maximum Gasteiger partial charge on any atom is 0.256 e. The molecule has 1 aromatic carbocycles. The van der Waals surface area contributed by atoms with Gasteiger partial charge in [0.15, 0.2) is 0 Å². The average molecular weight is 511 g/mol. The molecule has 1 unspecified atom stereocenters. The normalized spacial score (nSPS) is 13.5. The number of aliphatic hydroxyl groups is 1. The van der Waals surface area contributed by atoms with E-state index in [1.54, 1.807) is 43.6 Å². The third-order valence-corrected chi connectivity index (χ3v) is 5.89. The van der Waals surface area contributed by atoms with E-state index in [9.17, 15) is 14.7 Å². The van der Waals surface area contributed by atoms with Gasteiger partial charge in [0.1, 0.15) is 12.3 Å². The van der Waals surface area contributed by atoms with Crippen LogP contribution in [-0.4, -0.2) is 63.1 Å². The van der Waals surface area contributed by atoms with Crippen molar-refractivity contribution in [1.82, 2.24) is 25.2 Å². The highest BCUT2D eigenvalue weighted by atomic mass is 35.5. The van der Waals surface area contributed by atoms with Gasteiger partial charge in [-0.05, 0) is 37.6 Å². The lowest BCUT2D eigenvalue weighted by Gasteiger charge is -2.20. The number of aromatic nitrogens is 3. The fraction of sp³-hybridized carbons (Fsp3) is 0.320. The molecule has 3 heterocycles. The molecule has 2 aromatic heterocycles. The molecule has 3 N–H and O–H groups in total. The fourth-order valence-electron chi connectivity index (χ4n) is 3.89. The third kappa shape index (κ3) is 5.55. The first-order valence-electron chi connectivity index (χ1n) is 11.4. The number of hydrogen-bond donors (Lipinski definition) is 3. The Morgan fingerprint density at radius 2 is 2.06 bits per heavy atom. The Morgan fingerprint density at radius 3 is 2.78 bits per heavy atom. The van der Waals surface area contributed by atoms with Crippen molar-refractivity contribution in [2.75, 3.05) is 25.6 Å². The summed E-state index contributed by atoms with van der Waals surface area (Å²) in [5, 5.41) is 16.0. The number of anilines is 1. The van der Waals surface area contributed by atoms with Gasteiger partial charge < -0.3 is 25.4 Å². The van der Waals surface area contributed by atoms with Gasteiger partial charge in [0.05, 0.1) is 54.5 Å². The topological polar surface area (TPSA) is 130 Å². The molecular weight excluding hydrogens is 484 g/mol. The summed E-state index contributed by atoms with van der Waals surface area (Å²) in [6, 6.07) is 8.26. The summed E-state index contributed by atoms with van der Waals surface area (Å²) in [6.45, 7) is 3.66. The zero-order chi connectivity index (χ0) is 25.8. The van der Waals surface area contributed by atoms with E-state index in [1.165, 1.54) is 11.1 Å². The van der Waals surface area contributed by atoms with E-state index < -0.39 is 11.9 Å². The highest BCUT2D eigenvalue weighted by Crippen LogP contribution is 2.30. The number of benzene rings is 1. The Hall–Kier alpha value is -3.76. The second-order valence-corrected chi connectivity index (χ2v) is 9.06. The van der Waals surface area contributed by atoms with Crippen LogP contribution < -0.4 is 15.4 Å². The zero-order valence-electron chi connectivity index (χ0n) is 20.2. The summed E-state index contributed by atoms with van der Waals surface area (Å²) in [6.07, 6.45) is 3.10. The molecule has 4 rings (SSSR count). The maximum absolute atomic E-state index is 13.1. The molecule has 36 heavy (non-hydrogen) atoms. The maximum atomic E-state index is 13.1. The van der Waals surface area contributed by atoms with Crippen LogP contribution >= 0.6 is 11.6 Å². The van der Waals surface area contributed by atoms with E-state index in [0.717, 1.165) is 0 Å². The number of amides is 2. The molecule has 0 saturated carbocycles. The van der Waals surface area contributed by atoms with Crippen LogP contribution in [0.5, 0.6) is 5.75 Å². The van der Waals surface area contributed by atoms with Gasteiger partial charge in [0.25, 0.3) is 5.91 Å². The van der Waals surface area contributed by atoms with Crippen molar-refractivity contribution in [3.63, 3.8) is 0 Å². The molecule has 1 aliphatic heterocycles. The molecule has 1 aliphatic rings. The number of hydrogen-bond acceptors (Lipinski definition) is 8. The van der Waals surface area contributed by atoms with Crippen molar-refractivity contribution >= 4 is 29.4 Å². The largest absolute Gasteiger partial charge is 0.497 e. The lowest BCUT2D eigenvalue weighted by atomic mass is 10.1. The minimum absolute atomic E-state index is 0.132. The minimum Gasteiger partial charge on any atom is -0.497 e. The summed E-state index contributed by atoms with van der Waals surface area (Å²) in [5.41, 5.74) is 2.68. The van der Waals surface area contributed by atoms with Crippen LogP contribution in [0.4, 0.5) is 5.95 Å². The molecule has 0 bridgehead atoms. The number of methoxy groups -OCH3 is 1. The highest BCUT2D eigenvalue weighted by molar-refractivity contribution is 6.32. The molecule has 0 saturated heterocycles. The van der Waals surface area contributed by atoms with E-state index in [0.29, 0.717) is 44.8 Å². The van der Waals surface area contributed by atoms with Gasteiger partial charge in [0, 0.05) is 17.8 Å². The predicted octanol–water partition coefficient (Wildman–Crippen LogP) is 2.83. The van der Waals surface area contributed by atoms with Crippen LogP contribution in [0.3, 0.4) is 0 Å². The van der Waals surface area contributed by atoms with Gasteiger partial charge in [-0.3, -0.25) is 14.6 Å². The predicted molar refractivity (Wildman–Crippen MR) is 135 cm³/mol. The zero-order valence-corrected chi connectivity index (χ0v) is 20.9. The summed E-state index contributed by atoms with van der Waals surface area (Å²) in [5.74, 6) is 0.316. The minimum atomic E-state index is -0.633. The van der Waals surface area contributed by atoms with E-state index in [2.05, 4.69) is 25.6 Å². The summed E-state index contributed by atoms with van der Waals surface area (Å²) < 4.78 is 5.21. The molecule has 0 spiro atoms. The number of carbonyl (C=O) groups is 2. The number of ether oxygens (including phenoxy) is 1. The van der Waals surface area contributed by atoms with Gasteiger partial charge in [-0.25, -0.2) is 9.97 Å². The van der Waals surface area contributed by atoms with E-state index in [1.807, 2.05) is 13.8 Å². The lowest BCUT2D eigenvalue weighted by molar-refractivity contribution is -0.122. The second kappa shape index (κ2) is 10.9. The van der Waals surface area contributed by atoms with E-state index in [4.69, 9.17) is 16.3 Å². The Balaban J connectivity index is 1.47. The van der Waals surface area contributed by atoms with Crippen LogP contribution in [0, 0.1) is 0 Å². The van der Waals surface area contributed by atoms with Crippen LogP contribution in [-0.2, 0) is 11.3 Å². The first kappa shape index (κ1) is 25.3. The van der Waals surface area contributed by atoms with Crippen LogP contribution in [0.25, 0.3) is 11.3 Å². The van der Waals surface area contributed by atoms with Crippen molar-refractivity contribution in [2.45, 2.75) is 32.5 Å². The summed E-state index contributed by atoms with van der Waals surface area (Å²) in [4.78, 5) is 40.3. The number of carbonyl (C=O) groups excluding carboxylic acids is 2. The first-order valence-corrected chi connectivity index (χ1v) is 11.8.